The number of nitrogens with two attached hydrogens (primary N) is 1. The summed E-state index contributed by atoms with van der Waals surface area (Å²) in [6.07, 6.45) is 0. The molecule has 0 bridgehead atoms. The van der Waals surface area contributed by atoms with Gasteiger partial charge in [0.1, 0.15) is 0 Å². The van der Waals surface area contributed by atoms with Gasteiger partial charge in [0, 0.05) is 13.1 Å². The first-order chi connectivity index (χ1) is 2.77. The molecule has 0 amide bonds. The molecule has 0 unspecified atom stereocenters. The Bertz CT molecular complexity index is 30.9. The van der Waals surface area contributed by atoms with Crippen LogP contribution in [0.3, 0.4) is 0 Å². The number of hydrogen-bond acceptors (Lipinski definition) is 2. The van der Waals surface area contributed by atoms with Crippen molar-refractivity contribution in [2.24, 2.45) is 5.73 Å². The van der Waals surface area contributed by atoms with E-state index >= 15 is 0 Å². The second-order valence-electron chi connectivity index (χ2n) is 1.59. The molecule has 0 rings (SSSR count). The molecule has 3 nitrogen and oxygen atoms in total. The smallest absolute Gasteiger partial charge is 0.00985 e. The molecule has 0 fully saturated rings. The van der Waals surface area contributed by atoms with Crippen LogP contribution in [0.15, 0.2) is 0 Å². The highest BCUT2D eigenvalue weighted by Crippen LogP contribution is 1.64. The van der Waals surface area contributed by atoms with E-state index in [1.807, 2.05) is 14.1 Å². The normalized spacial score (nSPS) is 8.57. The Morgan fingerprint density at radius 1 is 1.43 bits per heavy atom. The Kier molecular flexibility index (Phi) is 8.39. The predicted octanol–water partition coefficient (Wildman–Crippen LogP) is -1.32. The predicted molar refractivity (Wildman–Crippen MR) is 31.2 cm³/mol. The molecule has 7 heavy (non-hydrogen) atoms. The minimum atomic E-state index is 0. The standard InChI is InChI=1S/C4H12N2.H2O/c1-6(2)4-3-5;/h3-5H2,1-2H3;1H2. The van der Waals surface area contributed by atoms with E-state index in [0.717, 1.165) is 13.1 Å². The van der Waals surface area contributed by atoms with Crippen LogP contribution in [0.5, 0.6) is 0 Å². The third-order valence-electron chi connectivity index (χ3n) is 0.576. The molecule has 46 valence electrons. The van der Waals surface area contributed by atoms with Crippen LogP contribution in [0.4, 0.5) is 0 Å². The summed E-state index contributed by atoms with van der Waals surface area (Å²) in [5, 5.41) is 0. The summed E-state index contributed by atoms with van der Waals surface area (Å²) in [6, 6.07) is 0. The third kappa shape index (κ3) is 10.7. The van der Waals surface area contributed by atoms with Crippen molar-refractivity contribution in [3.05, 3.63) is 0 Å². The summed E-state index contributed by atoms with van der Waals surface area (Å²) < 4.78 is 0. The average Bonchev–Trinajstić information content (AvgIpc) is 1.35. The van der Waals surface area contributed by atoms with E-state index in [9.17, 15) is 0 Å². The number of hydrogen-bond donors (Lipinski definition) is 1. The Labute approximate surface area is 44.4 Å². The summed E-state index contributed by atoms with van der Waals surface area (Å²) >= 11 is 0. The van der Waals surface area contributed by atoms with E-state index in [1.165, 1.54) is 0 Å². The van der Waals surface area contributed by atoms with Gasteiger partial charge in [-0.3, -0.25) is 0 Å². The van der Waals surface area contributed by atoms with Gasteiger partial charge >= 0.3 is 0 Å². The van der Waals surface area contributed by atoms with Gasteiger partial charge in [-0.15, -0.1) is 0 Å². The second-order valence-corrected chi connectivity index (χ2v) is 1.59. The lowest BCUT2D eigenvalue weighted by Crippen LogP contribution is -2.20. The maximum Gasteiger partial charge on any atom is 0.00985 e. The van der Waals surface area contributed by atoms with Crippen molar-refractivity contribution in [1.82, 2.24) is 4.90 Å². The van der Waals surface area contributed by atoms with E-state index in [1.54, 1.807) is 0 Å². The van der Waals surface area contributed by atoms with Crippen molar-refractivity contribution in [2.75, 3.05) is 27.2 Å². The van der Waals surface area contributed by atoms with Crippen molar-refractivity contribution in [1.29, 1.82) is 0 Å². The molecule has 0 aliphatic rings. The number of rotatable bonds is 2. The fourth-order valence-electron chi connectivity index (χ4n) is 0.258. The van der Waals surface area contributed by atoms with E-state index in [4.69, 9.17) is 5.73 Å². The summed E-state index contributed by atoms with van der Waals surface area (Å²) in [4.78, 5) is 2.06. The van der Waals surface area contributed by atoms with Gasteiger partial charge in [0.05, 0.1) is 0 Å². The Hall–Kier alpha value is -0.120. The van der Waals surface area contributed by atoms with Crippen LogP contribution in [-0.4, -0.2) is 37.6 Å². The number of likely N-dealkylation sites (N-methyl/N-ethyl adjacent to an activating group) is 1. The highest BCUT2D eigenvalue weighted by molar-refractivity contribution is 4.38. The summed E-state index contributed by atoms with van der Waals surface area (Å²) in [6.45, 7) is 1.74. The van der Waals surface area contributed by atoms with E-state index in [2.05, 4.69) is 4.90 Å². The molecule has 0 aromatic heterocycles. The zero-order valence-electron chi connectivity index (χ0n) is 4.94. The van der Waals surface area contributed by atoms with E-state index < -0.39 is 0 Å². The van der Waals surface area contributed by atoms with Gasteiger partial charge in [-0.05, 0) is 14.1 Å². The lowest BCUT2D eigenvalue weighted by molar-refractivity contribution is 0.420. The zero-order chi connectivity index (χ0) is 4.99. The van der Waals surface area contributed by atoms with Crippen molar-refractivity contribution >= 4 is 0 Å². The monoisotopic (exact) mass is 106 g/mol. The van der Waals surface area contributed by atoms with Gasteiger partial charge in [-0.2, -0.15) is 0 Å². The van der Waals surface area contributed by atoms with Gasteiger partial charge in [0.2, 0.25) is 0 Å². The molecule has 0 aliphatic carbocycles. The lowest BCUT2D eigenvalue weighted by Gasteiger charge is -2.03. The molecule has 0 saturated heterocycles. The van der Waals surface area contributed by atoms with Crippen LogP contribution in [0, 0.1) is 0 Å². The van der Waals surface area contributed by atoms with Crippen LogP contribution in [0.1, 0.15) is 0 Å². The maximum absolute atomic E-state index is 5.19. The van der Waals surface area contributed by atoms with Gasteiger partial charge in [-0.1, -0.05) is 0 Å². The quantitative estimate of drug-likeness (QED) is 0.474. The molecule has 0 atom stereocenters. The molecule has 0 radical (unpaired) electrons. The molecular weight excluding hydrogens is 92.1 g/mol. The van der Waals surface area contributed by atoms with Crippen molar-refractivity contribution < 1.29 is 5.48 Å². The molecule has 0 aliphatic heterocycles. The van der Waals surface area contributed by atoms with Gasteiger partial charge < -0.3 is 16.1 Å². The lowest BCUT2D eigenvalue weighted by atomic mass is 10.6. The van der Waals surface area contributed by atoms with Gasteiger partial charge in [-0.25, -0.2) is 0 Å². The van der Waals surface area contributed by atoms with Crippen LogP contribution in [0.2, 0.25) is 0 Å². The topological polar surface area (TPSA) is 60.8 Å². The molecular formula is C4H14N2O. The summed E-state index contributed by atoms with van der Waals surface area (Å²) in [5.41, 5.74) is 5.19. The molecule has 0 aromatic rings. The second kappa shape index (κ2) is 5.88. The van der Waals surface area contributed by atoms with Crippen LogP contribution < -0.4 is 5.73 Å². The Morgan fingerprint density at radius 2 is 1.86 bits per heavy atom. The molecule has 4 N–H and O–H groups in total. The Balaban J connectivity index is 0. The van der Waals surface area contributed by atoms with Crippen molar-refractivity contribution in [2.45, 2.75) is 0 Å². The number of nitrogens with zero attached hydrogens (tertiary/aromatic N) is 1. The molecule has 0 saturated carbocycles. The van der Waals surface area contributed by atoms with Crippen LogP contribution in [0.25, 0.3) is 0 Å². The first-order valence-electron chi connectivity index (χ1n) is 2.12. The highest BCUT2D eigenvalue weighted by Gasteiger charge is 1.79. The average molecular weight is 106 g/mol. The van der Waals surface area contributed by atoms with Gasteiger partial charge in [0.15, 0.2) is 0 Å². The molecule has 0 aromatic carbocycles. The highest BCUT2D eigenvalue weighted by atomic mass is 16.0. The van der Waals surface area contributed by atoms with Crippen molar-refractivity contribution in [3.63, 3.8) is 0 Å². The summed E-state index contributed by atoms with van der Waals surface area (Å²) in [7, 11) is 4.01. The maximum atomic E-state index is 5.19. The molecule has 0 heterocycles. The largest absolute Gasteiger partial charge is 0.412 e. The Morgan fingerprint density at radius 3 is 1.86 bits per heavy atom. The van der Waals surface area contributed by atoms with Gasteiger partial charge in [0.25, 0.3) is 0 Å². The minimum Gasteiger partial charge on any atom is -0.412 e. The fraction of sp³-hybridized carbons (Fsp3) is 1.00. The van der Waals surface area contributed by atoms with Crippen molar-refractivity contribution in [3.8, 4) is 0 Å². The molecule has 0 spiro atoms. The third-order valence-corrected chi connectivity index (χ3v) is 0.576. The first kappa shape index (κ1) is 9.99. The van der Waals surface area contributed by atoms with E-state index in [-0.39, 0.29) is 5.48 Å². The first-order valence-corrected chi connectivity index (χ1v) is 2.12. The summed E-state index contributed by atoms with van der Waals surface area (Å²) in [5.74, 6) is 0. The minimum absolute atomic E-state index is 0. The van der Waals surface area contributed by atoms with Crippen LogP contribution >= 0.6 is 0 Å². The van der Waals surface area contributed by atoms with E-state index in [0.29, 0.717) is 0 Å². The fourth-order valence-corrected chi connectivity index (χ4v) is 0.258. The SMILES string of the molecule is CN(C)CCN.O. The van der Waals surface area contributed by atoms with Crippen LogP contribution in [-0.2, 0) is 0 Å². The molecule has 3 heteroatoms. The zero-order valence-corrected chi connectivity index (χ0v) is 4.94.